The Morgan fingerprint density at radius 1 is 1.15 bits per heavy atom. The van der Waals surface area contributed by atoms with Gasteiger partial charge in [-0.25, -0.2) is 0 Å². The molecule has 2 rings (SSSR count). The van der Waals surface area contributed by atoms with Crippen LogP contribution in [-0.2, 0) is 4.79 Å². The minimum absolute atomic E-state index is 0.0224. The second kappa shape index (κ2) is 6.89. The lowest BCUT2D eigenvalue weighted by atomic mass is 10.1. The molecule has 20 heavy (non-hydrogen) atoms. The minimum atomic E-state index is -0.0224. The molecule has 3 heteroatoms. The molecule has 110 valence electrons. The summed E-state index contributed by atoms with van der Waals surface area (Å²) in [5.41, 5.74) is 1.19. The molecule has 0 bridgehead atoms. The molecule has 0 spiro atoms. The van der Waals surface area contributed by atoms with Crippen LogP contribution < -0.4 is 5.32 Å². The van der Waals surface area contributed by atoms with Gasteiger partial charge in [0.15, 0.2) is 0 Å². The number of nitrogens with zero attached hydrogens (tertiary/aromatic N) is 1. The third-order valence-electron chi connectivity index (χ3n) is 4.22. The van der Waals surface area contributed by atoms with Crippen molar-refractivity contribution in [2.75, 3.05) is 0 Å². The minimum Gasteiger partial charge on any atom is -0.319 e. The van der Waals surface area contributed by atoms with E-state index in [1.807, 2.05) is 18.2 Å². The van der Waals surface area contributed by atoms with Gasteiger partial charge < -0.3 is 4.90 Å². The molecule has 1 fully saturated rings. The van der Waals surface area contributed by atoms with E-state index < -0.39 is 0 Å². The SMILES string of the molecule is CCCC1NC(c2ccccc2)N(C(CC)CC)C1=O. The molecule has 1 aromatic rings. The number of nitrogens with one attached hydrogen (secondary N) is 1. The van der Waals surface area contributed by atoms with Gasteiger partial charge in [0.05, 0.1) is 6.04 Å². The first kappa shape index (κ1) is 15.0. The lowest BCUT2D eigenvalue weighted by molar-refractivity contribution is -0.132. The van der Waals surface area contributed by atoms with Crippen molar-refractivity contribution in [1.82, 2.24) is 10.2 Å². The van der Waals surface area contributed by atoms with Crippen LogP contribution in [-0.4, -0.2) is 22.9 Å². The van der Waals surface area contributed by atoms with Crippen LogP contribution in [0.3, 0.4) is 0 Å². The number of hydrogen-bond acceptors (Lipinski definition) is 2. The third kappa shape index (κ3) is 2.88. The van der Waals surface area contributed by atoms with Crippen LogP contribution in [0.25, 0.3) is 0 Å². The summed E-state index contributed by atoms with van der Waals surface area (Å²) in [5.74, 6) is 0.273. The largest absolute Gasteiger partial charge is 0.319 e. The summed E-state index contributed by atoms with van der Waals surface area (Å²) >= 11 is 0. The van der Waals surface area contributed by atoms with E-state index in [4.69, 9.17) is 0 Å². The number of rotatable bonds is 6. The molecular formula is C17H26N2O. The molecule has 0 aromatic heterocycles. The predicted molar refractivity (Wildman–Crippen MR) is 82.2 cm³/mol. The number of hydrogen-bond donors (Lipinski definition) is 1. The normalized spacial score (nSPS) is 22.8. The molecular weight excluding hydrogens is 248 g/mol. The number of amides is 1. The topological polar surface area (TPSA) is 32.3 Å². The van der Waals surface area contributed by atoms with E-state index in [0.29, 0.717) is 6.04 Å². The van der Waals surface area contributed by atoms with Crippen LogP contribution in [0.1, 0.15) is 58.2 Å². The molecule has 0 radical (unpaired) electrons. The van der Waals surface area contributed by atoms with Crippen molar-refractivity contribution in [2.45, 2.75) is 64.7 Å². The highest BCUT2D eigenvalue weighted by molar-refractivity contribution is 5.84. The molecule has 2 unspecified atom stereocenters. The Labute approximate surface area is 122 Å². The molecule has 2 atom stereocenters. The Morgan fingerprint density at radius 2 is 1.80 bits per heavy atom. The molecule has 1 saturated heterocycles. The van der Waals surface area contributed by atoms with Crippen LogP contribution in [0, 0.1) is 0 Å². The maximum absolute atomic E-state index is 12.7. The molecule has 1 aliphatic rings. The Bertz CT molecular complexity index is 428. The average molecular weight is 274 g/mol. The summed E-state index contributed by atoms with van der Waals surface area (Å²) in [5, 5.41) is 3.53. The number of carbonyl (C=O) groups excluding carboxylic acids is 1. The summed E-state index contributed by atoms with van der Waals surface area (Å²) < 4.78 is 0. The number of carbonyl (C=O) groups is 1. The molecule has 3 nitrogen and oxygen atoms in total. The molecule has 1 heterocycles. The first-order valence-corrected chi connectivity index (χ1v) is 7.86. The summed E-state index contributed by atoms with van der Waals surface area (Å²) in [6.07, 6.45) is 3.99. The van der Waals surface area contributed by atoms with Crippen molar-refractivity contribution in [3.05, 3.63) is 35.9 Å². The van der Waals surface area contributed by atoms with Gasteiger partial charge in [-0.1, -0.05) is 57.5 Å². The van der Waals surface area contributed by atoms with Crippen molar-refractivity contribution < 1.29 is 4.79 Å². The fraction of sp³-hybridized carbons (Fsp3) is 0.588. The predicted octanol–water partition coefficient (Wildman–Crippen LogP) is 3.47. The first-order chi connectivity index (χ1) is 9.72. The first-order valence-electron chi connectivity index (χ1n) is 7.86. The highest BCUT2D eigenvalue weighted by atomic mass is 16.2. The lowest BCUT2D eigenvalue weighted by Crippen LogP contribution is -2.39. The van der Waals surface area contributed by atoms with Gasteiger partial charge in [-0.2, -0.15) is 0 Å². The quantitative estimate of drug-likeness (QED) is 0.861. The molecule has 1 aromatic carbocycles. The molecule has 0 aliphatic carbocycles. The van der Waals surface area contributed by atoms with E-state index in [1.54, 1.807) is 0 Å². The van der Waals surface area contributed by atoms with Crippen LogP contribution >= 0.6 is 0 Å². The Morgan fingerprint density at radius 3 is 2.35 bits per heavy atom. The van der Waals surface area contributed by atoms with Crippen LogP contribution in [0.5, 0.6) is 0 Å². The molecule has 0 saturated carbocycles. The fourth-order valence-corrected chi connectivity index (χ4v) is 3.11. The van der Waals surface area contributed by atoms with Crippen molar-refractivity contribution >= 4 is 5.91 Å². The van der Waals surface area contributed by atoms with Crippen molar-refractivity contribution in [2.24, 2.45) is 0 Å². The van der Waals surface area contributed by atoms with Crippen LogP contribution in [0.4, 0.5) is 0 Å². The maximum atomic E-state index is 12.7. The van der Waals surface area contributed by atoms with Gasteiger partial charge in [0.2, 0.25) is 5.91 Å². The fourth-order valence-electron chi connectivity index (χ4n) is 3.11. The van der Waals surface area contributed by atoms with Crippen LogP contribution in [0.15, 0.2) is 30.3 Å². The van der Waals surface area contributed by atoms with Gasteiger partial charge in [0.25, 0.3) is 0 Å². The van der Waals surface area contributed by atoms with Crippen molar-refractivity contribution in [3.8, 4) is 0 Å². The highest BCUT2D eigenvalue weighted by Crippen LogP contribution is 2.30. The molecule has 1 amide bonds. The van der Waals surface area contributed by atoms with Gasteiger partial charge in [0.1, 0.15) is 6.17 Å². The van der Waals surface area contributed by atoms with E-state index in [-0.39, 0.29) is 18.1 Å². The van der Waals surface area contributed by atoms with Crippen LogP contribution in [0.2, 0.25) is 0 Å². The number of benzene rings is 1. The van der Waals surface area contributed by atoms with E-state index in [9.17, 15) is 4.79 Å². The zero-order valence-electron chi connectivity index (χ0n) is 12.8. The zero-order chi connectivity index (χ0) is 14.5. The van der Waals surface area contributed by atoms with Crippen molar-refractivity contribution in [1.29, 1.82) is 0 Å². The van der Waals surface area contributed by atoms with Gasteiger partial charge >= 0.3 is 0 Å². The lowest BCUT2D eigenvalue weighted by Gasteiger charge is -2.31. The van der Waals surface area contributed by atoms with Gasteiger partial charge in [-0.3, -0.25) is 10.1 Å². The van der Waals surface area contributed by atoms with Crippen molar-refractivity contribution in [3.63, 3.8) is 0 Å². The Hall–Kier alpha value is -1.35. The molecule has 1 N–H and O–H groups in total. The van der Waals surface area contributed by atoms with E-state index in [1.165, 1.54) is 5.56 Å². The van der Waals surface area contributed by atoms with Gasteiger partial charge in [-0.05, 0) is 24.8 Å². The summed E-state index contributed by atoms with van der Waals surface area (Å²) in [4.78, 5) is 14.8. The van der Waals surface area contributed by atoms with Gasteiger partial charge in [0, 0.05) is 6.04 Å². The monoisotopic (exact) mass is 274 g/mol. The second-order valence-corrected chi connectivity index (χ2v) is 5.54. The molecule has 1 aliphatic heterocycles. The summed E-state index contributed by atoms with van der Waals surface area (Å²) in [7, 11) is 0. The van der Waals surface area contributed by atoms with E-state index in [2.05, 4.69) is 43.1 Å². The van der Waals surface area contributed by atoms with E-state index in [0.717, 1.165) is 25.7 Å². The Balaban J connectivity index is 2.29. The summed E-state index contributed by atoms with van der Waals surface area (Å²) in [6, 6.07) is 10.6. The third-order valence-corrected chi connectivity index (χ3v) is 4.22. The maximum Gasteiger partial charge on any atom is 0.241 e. The standard InChI is InChI=1S/C17H26N2O/c1-4-10-15-17(20)19(14(5-2)6-3)16(18-15)13-11-8-7-9-12-13/h7-9,11-12,14-16,18H,4-6,10H2,1-3H3. The smallest absolute Gasteiger partial charge is 0.241 e. The Kier molecular flexibility index (Phi) is 5.18. The zero-order valence-corrected chi connectivity index (χ0v) is 12.8. The summed E-state index contributed by atoms with van der Waals surface area (Å²) in [6.45, 7) is 6.46. The average Bonchev–Trinajstić information content (AvgIpc) is 2.80. The van der Waals surface area contributed by atoms with E-state index >= 15 is 0 Å². The van der Waals surface area contributed by atoms with Gasteiger partial charge in [-0.15, -0.1) is 0 Å². The second-order valence-electron chi connectivity index (χ2n) is 5.54. The highest BCUT2D eigenvalue weighted by Gasteiger charge is 2.41.